The third kappa shape index (κ3) is 5.53. The van der Waals surface area contributed by atoms with Crippen LogP contribution in [-0.4, -0.2) is 46.6 Å². The molecule has 1 aromatic heterocycles. The van der Waals surface area contributed by atoms with Crippen LogP contribution >= 0.6 is 11.3 Å². The number of rotatable bonds is 7. The maximum absolute atomic E-state index is 12.3. The largest absolute Gasteiger partial charge is 0.363 e. The number of nitrogens with zero attached hydrogens (tertiary/aromatic N) is 2. The quantitative estimate of drug-likeness (QED) is 0.449. The smallest absolute Gasteiger partial charge is 0.240 e. The van der Waals surface area contributed by atoms with Gasteiger partial charge in [-0.1, -0.05) is 12.1 Å². The van der Waals surface area contributed by atoms with E-state index >= 15 is 0 Å². The van der Waals surface area contributed by atoms with Crippen molar-refractivity contribution in [3.63, 3.8) is 0 Å². The molecule has 162 valence electrons. The summed E-state index contributed by atoms with van der Waals surface area (Å²) in [6.45, 7) is 2.67. The van der Waals surface area contributed by atoms with E-state index in [2.05, 4.69) is 42.8 Å². The Hall–Kier alpha value is -2.10. The number of thiophene rings is 1. The monoisotopic (exact) mass is 447 g/mol. The summed E-state index contributed by atoms with van der Waals surface area (Å²) < 4.78 is 27.2. The molecule has 2 aliphatic rings. The van der Waals surface area contributed by atoms with E-state index in [4.69, 9.17) is 0 Å². The Kier molecular flexibility index (Phi) is 6.60. The first-order chi connectivity index (χ1) is 14.5. The molecule has 1 aliphatic heterocycles. The van der Waals surface area contributed by atoms with Crippen LogP contribution in [0.2, 0.25) is 0 Å². The number of hydrogen-bond acceptors (Lipinski definition) is 5. The second-order valence-corrected chi connectivity index (χ2v) is 10.5. The van der Waals surface area contributed by atoms with Crippen LogP contribution in [0.3, 0.4) is 0 Å². The molecule has 0 atom stereocenters. The second-order valence-electron chi connectivity index (χ2n) is 7.82. The lowest BCUT2D eigenvalue weighted by Crippen LogP contribution is -2.48. The van der Waals surface area contributed by atoms with Gasteiger partial charge in [0.1, 0.15) is 0 Å². The molecule has 7 nitrogen and oxygen atoms in total. The van der Waals surface area contributed by atoms with Crippen molar-refractivity contribution >= 4 is 32.3 Å². The van der Waals surface area contributed by atoms with Gasteiger partial charge in [-0.15, -0.1) is 11.3 Å². The van der Waals surface area contributed by atoms with E-state index in [0.29, 0.717) is 17.5 Å². The molecule has 1 aliphatic carbocycles. The third-order valence-corrected chi connectivity index (χ3v) is 7.94. The van der Waals surface area contributed by atoms with Crippen molar-refractivity contribution in [3.8, 4) is 0 Å². The Morgan fingerprint density at radius 3 is 2.43 bits per heavy atom. The SMILES string of the molecule is CN=C(NCc1ccc(S(=O)(=O)NC2CC2)cc1)NC1CCN(c2cccs2)CC1. The van der Waals surface area contributed by atoms with Crippen molar-refractivity contribution in [3.05, 3.63) is 47.3 Å². The van der Waals surface area contributed by atoms with Gasteiger partial charge in [-0.25, -0.2) is 13.1 Å². The molecule has 3 N–H and O–H groups in total. The van der Waals surface area contributed by atoms with Crippen molar-refractivity contribution < 1.29 is 8.42 Å². The zero-order valence-electron chi connectivity index (χ0n) is 17.2. The molecule has 0 amide bonds. The van der Waals surface area contributed by atoms with Gasteiger partial charge in [-0.2, -0.15) is 0 Å². The van der Waals surface area contributed by atoms with Crippen LogP contribution in [0, 0.1) is 0 Å². The molecule has 2 aromatic rings. The maximum Gasteiger partial charge on any atom is 0.240 e. The first-order valence-electron chi connectivity index (χ1n) is 10.4. The standard InChI is InChI=1S/C21H29N5O2S2/c1-22-21(24-17-10-12-26(13-11-17)20-3-2-14-29-20)23-15-16-4-8-19(9-5-16)30(27,28)25-18-6-7-18/h2-5,8-9,14,17-18,25H,6-7,10-13,15H2,1H3,(H2,22,23,24). The number of guanidine groups is 1. The van der Waals surface area contributed by atoms with Gasteiger partial charge in [-0.05, 0) is 60.9 Å². The molecule has 1 saturated carbocycles. The summed E-state index contributed by atoms with van der Waals surface area (Å²) >= 11 is 1.79. The predicted molar refractivity (Wildman–Crippen MR) is 123 cm³/mol. The number of anilines is 1. The van der Waals surface area contributed by atoms with E-state index in [1.807, 2.05) is 12.1 Å². The van der Waals surface area contributed by atoms with E-state index in [0.717, 1.165) is 50.3 Å². The average Bonchev–Trinajstić information content (AvgIpc) is 3.38. The minimum absolute atomic E-state index is 0.114. The summed E-state index contributed by atoms with van der Waals surface area (Å²) in [6, 6.07) is 11.8. The van der Waals surface area contributed by atoms with Crippen molar-refractivity contribution in [2.45, 2.75) is 49.2 Å². The number of sulfonamides is 1. The molecule has 4 rings (SSSR count). The molecule has 1 saturated heterocycles. The third-order valence-electron chi connectivity index (χ3n) is 5.47. The highest BCUT2D eigenvalue weighted by Crippen LogP contribution is 2.25. The molecule has 0 spiro atoms. The molecular weight excluding hydrogens is 418 g/mol. The average molecular weight is 448 g/mol. The molecule has 2 heterocycles. The van der Waals surface area contributed by atoms with E-state index < -0.39 is 10.0 Å². The summed E-state index contributed by atoms with van der Waals surface area (Å²) in [5, 5.41) is 10.3. The highest BCUT2D eigenvalue weighted by Gasteiger charge is 2.27. The van der Waals surface area contributed by atoms with Gasteiger partial charge in [-0.3, -0.25) is 4.99 Å². The second kappa shape index (κ2) is 9.36. The zero-order valence-corrected chi connectivity index (χ0v) is 18.8. The Morgan fingerprint density at radius 2 is 1.83 bits per heavy atom. The fraction of sp³-hybridized carbons (Fsp3) is 0.476. The highest BCUT2D eigenvalue weighted by molar-refractivity contribution is 7.89. The zero-order chi connectivity index (χ0) is 21.0. The van der Waals surface area contributed by atoms with Crippen molar-refractivity contribution in [2.75, 3.05) is 25.0 Å². The Morgan fingerprint density at radius 1 is 1.10 bits per heavy atom. The van der Waals surface area contributed by atoms with Crippen LogP contribution in [-0.2, 0) is 16.6 Å². The van der Waals surface area contributed by atoms with Crippen molar-refractivity contribution in [1.82, 2.24) is 15.4 Å². The molecule has 0 radical (unpaired) electrons. The first kappa shape index (κ1) is 21.1. The molecule has 2 fully saturated rings. The van der Waals surface area contributed by atoms with Gasteiger partial charge in [0.15, 0.2) is 5.96 Å². The van der Waals surface area contributed by atoms with Gasteiger partial charge >= 0.3 is 0 Å². The Balaban J connectivity index is 1.24. The van der Waals surface area contributed by atoms with Crippen molar-refractivity contribution in [1.29, 1.82) is 0 Å². The van der Waals surface area contributed by atoms with E-state index in [-0.39, 0.29) is 6.04 Å². The topological polar surface area (TPSA) is 85.8 Å². The van der Waals surface area contributed by atoms with Gasteiger partial charge < -0.3 is 15.5 Å². The van der Waals surface area contributed by atoms with Gasteiger partial charge in [0.2, 0.25) is 10.0 Å². The minimum Gasteiger partial charge on any atom is -0.363 e. The van der Waals surface area contributed by atoms with Crippen LogP contribution in [0.15, 0.2) is 51.7 Å². The first-order valence-corrected chi connectivity index (χ1v) is 12.8. The molecule has 30 heavy (non-hydrogen) atoms. The van der Waals surface area contributed by atoms with Crippen molar-refractivity contribution in [2.24, 2.45) is 4.99 Å². The molecule has 9 heteroatoms. The number of nitrogens with one attached hydrogen (secondary N) is 3. The molecular formula is C21H29N5O2S2. The van der Waals surface area contributed by atoms with Gasteiger partial charge in [0.25, 0.3) is 0 Å². The van der Waals surface area contributed by atoms with Crippen LogP contribution in [0.4, 0.5) is 5.00 Å². The number of piperidine rings is 1. The highest BCUT2D eigenvalue weighted by atomic mass is 32.2. The number of hydrogen-bond donors (Lipinski definition) is 3. The predicted octanol–water partition coefficient (Wildman–Crippen LogP) is 2.52. The summed E-state index contributed by atoms with van der Waals surface area (Å²) in [7, 11) is -1.63. The number of aliphatic imine (C=N–C) groups is 1. The van der Waals surface area contributed by atoms with E-state index in [1.54, 1.807) is 30.5 Å². The lowest BCUT2D eigenvalue weighted by atomic mass is 10.1. The van der Waals surface area contributed by atoms with E-state index in [9.17, 15) is 8.42 Å². The van der Waals surface area contributed by atoms with Gasteiger partial charge in [0.05, 0.1) is 9.90 Å². The van der Waals surface area contributed by atoms with Crippen LogP contribution in [0.1, 0.15) is 31.2 Å². The Labute approximate surface area is 182 Å². The summed E-state index contributed by atoms with van der Waals surface area (Å²) in [5.74, 6) is 0.775. The van der Waals surface area contributed by atoms with Crippen LogP contribution in [0.25, 0.3) is 0 Å². The fourth-order valence-corrected chi connectivity index (χ4v) is 5.63. The molecule has 0 bridgehead atoms. The molecule has 1 aromatic carbocycles. The van der Waals surface area contributed by atoms with E-state index in [1.165, 1.54) is 5.00 Å². The van der Waals surface area contributed by atoms with Crippen LogP contribution in [0.5, 0.6) is 0 Å². The number of benzene rings is 1. The summed E-state index contributed by atoms with van der Waals surface area (Å²) in [5.41, 5.74) is 1.01. The Bertz CT molecular complexity index is 946. The van der Waals surface area contributed by atoms with Gasteiger partial charge in [0, 0.05) is 38.8 Å². The minimum atomic E-state index is -3.40. The summed E-state index contributed by atoms with van der Waals surface area (Å²) in [6.07, 6.45) is 4.00. The lowest BCUT2D eigenvalue weighted by Gasteiger charge is -2.33. The fourth-order valence-electron chi connectivity index (χ4n) is 3.54. The summed E-state index contributed by atoms with van der Waals surface area (Å²) in [4.78, 5) is 7.09. The van der Waals surface area contributed by atoms with Crippen LogP contribution < -0.4 is 20.3 Å². The normalized spacial score (nSPS) is 18.4. The lowest BCUT2D eigenvalue weighted by molar-refractivity contribution is 0.463. The maximum atomic E-state index is 12.3. The molecule has 0 unspecified atom stereocenters.